The SMILES string of the molecule is Cc1ccc(SCCNC(=O)CN(c2ccc(C)cc2)S(C)(=O)=O)cc1. The number of aryl methyl sites for hydroxylation is 2. The van der Waals surface area contributed by atoms with Crippen molar-refractivity contribution in [2.75, 3.05) is 29.4 Å². The molecule has 1 N–H and O–H groups in total. The molecule has 0 aliphatic rings. The van der Waals surface area contributed by atoms with Crippen molar-refractivity contribution in [1.29, 1.82) is 0 Å². The molecule has 26 heavy (non-hydrogen) atoms. The first-order valence-corrected chi connectivity index (χ1v) is 11.1. The second-order valence-corrected chi connectivity index (χ2v) is 9.19. The number of thioether (sulfide) groups is 1. The molecule has 2 aromatic rings. The van der Waals surface area contributed by atoms with Crippen LogP contribution in [0.25, 0.3) is 0 Å². The first kappa shape index (κ1) is 20.3. The van der Waals surface area contributed by atoms with Gasteiger partial charge in [-0.25, -0.2) is 8.42 Å². The summed E-state index contributed by atoms with van der Waals surface area (Å²) < 4.78 is 25.2. The van der Waals surface area contributed by atoms with Crippen molar-refractivity contribution in [2.24, 2.45) is 0 Å². The van der Waals surface area contributed by atoms with Crippen LogP contribution in [0.15, 0.2) is 53.4 Å². The van der Waals surface area contributed by atoms with E-state index >= 15 is 0 Å². The Hall–Kier alpha value is -1.99. The predicted molar refractivity (Wildman–Crippen MR) is 108 cm³/mol. The van der Waals surface area contributed by atoms with Crippen molar-refractivity contribution < 1.29 is 13.2 Å². The van der Waals surface area contributed by atoms with Gasteiger partial charge in [-0.3, -0.25) is 9.10 Å². The molecule has 2 rings (SSSR count). The Kier molecular flexibility index (Phi) is 7.11. The standard InChI is InChI=1S/C19H24N2O3S2/c1-15-4-8-17(9-5-15)21(26(3,23)24)14-19(22)20-12-13-25-18-10-6-16(2)7-11-18/h4-11H,12-14H2,1-3H3,(H,20,22). The van der Waals surface area contributed by atoms with Gasteiger partial charge in [-0.2, -0.15) is 0 Å². The van der Waals surface area contributed by atoms with Crippen LogP contribution in [0.3, 0.4) is 0 Å². The average Bonchev–Trinajstić information content (AvgIpc) is 2.58. The Bertz CT molecular complexity index is 832. The second-order valence-electron chi connectivity index (χ2n) is 6.12. The number of carbonyl (C=O) groups excluding carboxylic acids is 1. The molecule has 7 heteroatoms. The van der Waals surface area contributed by atoms with E-state index in [2.05, 4.69) is 5.32 Å². The van der Waals surface area contributed by atoms with E-state index in [1.54, 1.807) is 23.9 Å². The van der Waals surface area contributed by atoms with Crippen LogP contribution in [0.5, 0.6) is 0 Å². The summed E-state index contributed by atoms with van der Waals surface area (Å²) in [6.07, 6.45) is 1.10. The summed E-state index contributed by atoms with van der Waals surface area (Å²) >= 11 is 1.65. The maximum Gasteiger partial charge on any atom is 0.240 e. The summed E-state index contributed by atoms with van der Waals surface area (Å²) in [6, 6.07) is 15.2. The van der Waals surface area contributed by atoms with Crippen LogP contribution in [0.4, 0.5) is 5.69 Å². The molecule has 140 valence electrons. The zero-order valence-corrected chi connectivity index (χ0v) is 16.9. The third-order valence-electron chi connectivity index (χ3n) is 3.72. The molecule has 0 saturated heterocycles. The van der Waals surface area contributed by atoms with Gasteiger partial charge in [0.25, 0.3) is 0 Å². The molecule has 2 aromatic carbocycles. The number of anilines is 1. The summed E-state index contributed by atoms with van der Waals surface area (Å²) in [5, 5.41) is 2.78. The van der Waals surface area contributed by atoms with E-state index in [1.807, 2.05) is 50.2 Å². The van der Waals surface area contributed by atoms with Gasteiger partial charge < -0.3 is 5.32 Å². The van der Waals surface area contributed by atoms with E-state index in [0.717, 1.165) is 26.8 Å². The minimum atomic E-state index is -3.54. The topological polar surface area (TPSA) is 66.5 Å². The van der Waals surface area contributed by atoms with E-state index in [4.69, 9.17) is 0 Å². The molecule has 0 aliphatic heterocycles. The smallest absolute Gasteiger partial charge is 0.240 e. The first-order valence-electron chi connectivity index (χ1n) is 8.26. The highest BCUT2D eigenvalue weighted by molar-refractivity contribution is 7.99. The molecule has 0 bridgehead atoms. The number of nitrogens with zero attached hydrogens (tertiary/aromatic N) is 1. The summed E-state index contributed by atoms with van der Waals surface area (Å²) in [7, 11) is -3.54. The van der Waals surface area contributed by atoms with Gasteiger partial charge in [-0.05, 0) is 38.1 Å². The lowest BCUT2D eigenvalue weighted by Gasteiger charge is -2.22. The van der Waals surface area contributed by atoms with Crippen LogP contribution in [-0.4, -0.2) is 39.4 Å². The second kappa shape index (κ2) is 9.09. The van der Waals surface area contributed by atoms with E-state index < -0.39 is 10.0 Å². The molecule has 1 amide bonds. The van der Waals surface area contributed by atoms with Crippen LogP contribution < -0.4 is 9.62 Å². The molecule has 0 spiro atoms. The number of amides is 1. The van der Waals surface area contributed by atoms with Crippen LogP contribution in [0, 0.1) is 13.8 Å². The van der Waals surface area contributed by atoms with Crippen molar-refractivity contribution in [3.05, 3.63) is 59.7 Å². The van der Waals surface area contributed by atoms with Gasteiger partial charge in [0.15, 0.2) is 0 Å². The number of hydrogen-bond acceptors (Lipinski definition) is 4. The predicted octanol–water partition coefficient (Wildman–Crippen LogP) is 2.98. The fourth-order valence-electron chi connectivity index (χ4n) is 2.29. The fraction of sp³-hybridized carbons (Fsp3) is 0.316. The number of rotatable bonds is 8. The number of benzene rings is 2. The van der Waals surface area contributed by atoms with Crippen molar-refractivity contribution in [3.63, 3.8) is 0 Å². The zero-order chi connectivity index (χ0) is 19.2. The summed E-state index contributed by atoms with van der Waals surface area (Å²) in [4.78, 5) is 13.3. The highest BCUT2D eigenvalue weighted by Gasteiger charge is 2.20. The normalized spacial score (nSPS) is 11.2. The molecule has 0 heterocycles. The Morgan fingerprint density at radius 1 is 1.00 bits per heavy atom. The maximum absolute atomic E-state index is 12.2. The highest BCUT2D eigenvalue weighted by atomic mass is 32.2. The van der Waals surface area contributed by atoms with E-state index in [-0.39, 0.29) is 12.5 Å². The van der Waals surface area contributed by atoms with Crippen molar-refractivity contribution >= 4 is 33.4 Å². The molecule has 0 aromatic heterocycles. The van der Waals surface area contributed by atoms with Crippen LogP contribution >= 0.6 is 11.8 Å². The van der Waals surface area contributed by atoms with Crippen molar-refractivity contribution in [2.45, 2.75) is 18.7 Å². The Balaban J connectivity index is 1.87. The quantitative estimate of drug-likeness (QED) is 0.554. The molecular weight excluding hydrogens is 368 g/mol. The summed E-state index contributed by atoms with van der Waals surface area (Å²) in [5.74, 6) is 0.401. The van der Waals surface area contributed by atoms with Gasteiger partial charge in [0.2, 0.25) is 15.9 Å². The Labute approximate surface area is 159 Å². The summed E-state index contributed by atoms with van der Waals surface area (Å²) in [6.45, 7) is 4.21. The fourth-order valence-corrected chi connectivity index (χ4v) is 3.92. The molecule has 5 nitrogen and oxygen atoms in total. The lowest BCUT2D eigenvalue weighted by atomic mass is 10.2. The molecule has 0 unspecified atom stereocenters. The molecule has 0 fully saturated rings. The molecule has 0 atom stereocenters. The first-order chi connectivity index (χ1) is 12.3. The molecule has 0 aliphatic carbocycles. The monoisotopic (exact) mass is 392 g/mol. The van der Waals surface area contributed by atoms with Crippen LogP contribution in [-0.2, 0) is 14.8 Å². The lowest BCUT2D eigenvalue weighted by molar-refractivity contribution is -0.119. The Morgan fingerprint density at radius 2 is 1.54 bits per heavy atom. The largest absolute Gasteiger partial charge is 0.354 e. The number of carbonyl (C=O) groups is 1. The number of hydrogen-bond donors (Lipinski definition) is 1. The lowest BCUT2D eigenvalue weighted by Crippen LogP contribution is -2.41. The van der Waals surface area contributed by atoms with Gasteiger partial charge in [0, 0.05) is 17.2 Å². The maximum atomic E-state index is 12.2. The van der Waals surface area contributed by atoms with Crippen molar-refractivity contribution in [3.8, 4) is 0 Å². The van der Waals surface area contributed by atoms with Crippen LogP contribution in [0.1, 0.15) is 11.1 Å². The molecular formula is C19H24N2O3S2. The van der Waals surface area contributed by atoms with Gasteiger partial charge in [-0.1, -0.05) is 35.4 Å². The van der Waals surface area contributed by atoms with Gasteiger partial charge in [-0.15, -0.1) is 11.8 Å². The van der Waals surface area contributed by atoms with Gasteiger partial charge in [0.1, 0.15) is 6.54 Å². The van der Waals surface area contributed by atoms with Crippen LogP contribution in [0.2, 0.25) is 0 Å². The third kappa shape index (κ3) is 6.38. The number of nitrogens with one attached hydrogen (secondary N) is 1. The van der Waals surface area contributed by atoms with E-state index in [1.165, 1.54) is 5.56 Å². The van der Waals surface area contributed by atoms with Gasteiger partial charge >= 0.3 is 0 Å². The van der Waals surface area contributed by atoms with E-state index in [0.29, 0.717) is 12.2 Å². The minimum Gasteiger partial charge on any atom is -0.354 e. The van der Waals surface area contributed by atoms with Crippen molar-refractivity contribution in [1.82, 2.24) is 5.32 Å². The minimum absolute atomic E-state index is 0.225. The van der Waals surface area contributed by atoms with Gasteiger partial charge in [0.05, 0.1) is 11.9 Å². The zero-order valence-electron chi connectivity index (χ0n) is 15.2. The highest BCUT2D eigenvalue weighted by Crippen LogP contribution is 2.18. The number of sulfonamides is 1. The third-order valence-corrected chi connectivity index (χ3v) is 5.88. The summed E-state index contributed by atoms with van der Waals surface area (Å²) in [5.41, 5.74) is 2.72. The average molecular weight is 393 g/mol. The molecule has 0 radical (unpaired) electrons. The Morgan fingerprint density at radius 3 is 2.08 bits per heavy atom. The molecule has 0 saturated carbocycles. The van der Waals surface area contributed by atoms with E-state index in [9.17, 15) is 13.2 Å².